The molecule has 2 rings (SSSR count). The molecule has 0 radical (unpaired) electrons. The molecule has 0 aromatic carbocycles. The SMILES string of the molecule is CCc1cc(CCC(C)c2noc(C)c2I)on1. The van der Waals surface area contributed by atoms with Gasteiger partial charge in [0.2, 0.25) is 0 Å². The second-order valence-corrected chi connectivity index (χ2v) is 5.59. The van der Waals surface area contributed by atoms with Gasteiger partial charge in [0.15, 0.2) is 0 Å². The summed E-state index contributed by atoms with van der Waals surface area (Å²) in [5.74, 6) is 2.21. The molecule has 0 fully saturated rings. The second-order valence-electron chi connectivity index (χ2n) is 4.52. The van der Waals surface area contributed by atoms with Crippen LogP contribution in [-0.4, -0.2) is 10.3 Å². The molecule has 2 aromatic rings. The average Bonchev–Trinajstić information content (AvgIpc) is 2.95. The molecular formula is C13H17IN2O2. The van der Waals surface area contributed by atoms with Crippen molar-refractivity contribution in [1.29, 1.82) is 0 Å². The molecule has 98 valence electrons. The first-order chi connectivity index (χ1) is 8.61. The van der Waals surface area contributed by atoms with Crippen LogP contribution in [0.4, 0.5) is 0 Å². The smallest absolute Gasteiger partial charge is 0.147 e. The summed E-state index contributed by atoms with van der Waals surface area (Å²) in [7, 11) is 0. The molecule has 0 saturated heterocycles. The average molecular weight is 360 g/mol. The van der Waals surface area contributed by atoms with Crippen molar-refractivity contribution in [2.45, 2.75) is 46.0 Å². The van der Waals surface area contributed by atoms with Crippen LogP contribution in [0, 0.1) is 10.5 Å². The summed E-state index contributed by atoms with van der Waals surface area (Å²) in [6, 6.07) is 2.03. The Morgan fingerprint density at radius 3 is 2.67 bits per heavy atom. The lowest BCUT2D eigenvalue weighted by molar-refractivity contribution is 0.366. The van der Waals surface area contributed by atoms with Crippen molar-refractivity contribution in [3.8, 4) is 0 Å². The molecule has 0 aliphatic rings. The van der Waals surface area contributed by atoms with Crippen molar-refractivity contribution in [2.75, 3.05) is 0 Å². The van der Waals surface area contributed by atoms with Crippen LogP contribution in [0.15, 0.2) is 15.1 Å². The highest BCUT2D eigenvalue weighted by Gasteiger charge is 2.17. The van der Waals surface area contributed by atoms with Crippen molar-refractivity contribution in [3.63, 3.8) is 0 Å². The van der Waals surface area contributed by atoms with E-state index in [1.807, 2.05) is 13.0 Å². The van der Waals surface area contributed by atoms with E-state index in [1.54, 1.807) is 0 Å². The zero-order chi connectivity index (χ0) is 13.1. The molecule has 0 amide bonds. The Hall–Kier alpha value is -0.850. The third-order valence-electron chi connectivity index (χ3n) is 3.08. The van der Waals surface area contributed by atoms with Crippen LogP contribution in [0.3, 0.4) is 0 Å². The predicted octanol–water partition coefficient (Wildman–Crippen LogP) is 3.87. The van der Waals surface area contributed by atoms with Crippen LogP contribution in [0.1, 0.15) is 49.1 Å². The number of nitrogens with zero attached hydrogens (tertiary/aromatic N) is 2. The number of halogens is 1. The van der Waals surface area contributed by atoms with Gasteiger partial charge in [0.25, 0.3) is 0 Å². The lowest BCUT2D eigenvalue weighted by Gasteiger charge is -2.06. The van der Waals surface area contributed by atoms with E-state index < -0.39 is 0 Å². The molecule has 0 spiro atoms. The molecule has 2 aromatic heterocycles. The Morgan fingerprint density at radius 2 is 2.11 bits per heavy atom. The van der Waals surface area contributed by atoms with Crippen LogP contribution in [0.25, 0.3) is 0 Å². The predicted molar refractivity (Wildman–Crippen MR) is 76.6 cm³/mol. The monoisotopic (exact) mass is 360 g/mol. The highest BCUT2D eigenvalue weighted by Crippen LogP contribution is 2.26. The van der Waals surface area contributed by atoms with E-state index in [1.165, 1.54) is 0 Å². The highest BCUT2D eigenvalue weighted by atomic mass is 127. The largest absolute Gasteiger partial charge is 0.361 e. The maximum Gasteiger partial charge on any atom is 0.147 e. The van der Waals surface area contributed by atoms with Gasteiger partial charge in [-0.3, -0.25) is 0 Å². The molecule has 0 saturated carbocycles. The summed E-state index contributed by atoms with van der Waals surface area (Å²) in [5.41, 5.74) is 2.06. The van der Waals surface area contributed by atoms with E-state index >= 15 is 0 Å². The van der Waals surface area contributed by atoms with Gasteiger partial charge in [-0.1, -0.05) is 24.2 Å². The van der Waals surface area contributed by atoms with E-state index in [-0.39, 0.29) is 0 Å². The van der Waals surface area contributed by atoms with Gasteiger partial charge < -0.3 is 9.05 Å². The Balaban J connectivity index is 1.95. The number of hydrogen-bond donors (Lipinski definition) is 0. The van der Waals surface area contributed by atoms with Crippen LogP contribution < -0.4 is 0 Å². The third-order valence-corrected chi connectivity index (χ3v) is 4.39. The standard InChI is InChI=1S/C13H17IN2O2/c1-4-10-7-11(18-15-10)6-5-8(2)13-12(14)9(3)17-16-13/h7-8H,4-6H2,1-3H3. The second kappa shape index (κ2) is 5.86. The molecule has 4 nitrogen and oxygen atoms in total. The van der Waals surface area contributed by atoms with Gasteiger partial charge in [-0.05, 0) is 42.4 Å². The summed E-state index contributed by atoms with van der Waals surface area (Å²) in [4.78, 5) is 0. The summed E-state index contributed by atoms with van der Waals surface area (Å²) in [6.45, 7) is 6.18. The Morgan fingerprint density at radius 1 is 1.33 bits per heavy atom. The van der Waals surface area contributed by atoms with E-state index in [2.05, 4.69) is 46.8 Å². The number of rotatable bonds is 5. The number of aryl methyl sites for hydroxylation is 3. The molecule has 0 N–H and O–H groups in total. The Bertz CT molecular complexity index is 519. The van der Waals surface area contributed by atoms with E-state index in [0.29, 0.717) is 5.92 Å². The Kier molecular flexibility index (Phi) is 4.42. The van der Waals surface area contributed by atoms with Gasteiger partial charge >= 0.3 is 0 Å². The van der Waals surface area contributed by atoms with Gasteiger partial charge in [-0.15, -0.1) is 0 Å². The molecule has 1 atom stereocenters. The van der Waals surface area contributed by atoms with E-state index in [9.17, 15) is 0 Å². The minimum Gasteiger partial charge on any atom is -0.361 e. The van der Waals surface area contributed by atoms with Crippen molar-refractivity contribution >= 4 is 22.6 Å². The molecule has 0 bridgehead atoms. The third kappa shape index (κ3) is 2.93. The molecule has 5 heteroatoms. The topological polar surface area (TPSA) is 52.1 Å². The molecule has 0 aliphatic heterocycles. The fourth-order valence-electron chi connectivity index (χ4n) is 1.82. The number of aromatic nitrogens is 2. The van der Waals surface area contributed by atoms with Crippen LogP contribution >= 0.6 is 22.6 Å². The van der Waals surface area contributed by atoms with Gasteiger partial charge in [0.1, 0.15) is 11.5 Å². The van der Waals surface area contributed by atoms with Crippen molar-refractivity contribution in [1.82, 2.24) is 10.3 Å². The van der Waals surface area contributed by atoms with Crippen molar-refractivity contribution in [2.24, 2.45) is 0 Å². The fourth-order valence-corrected chi connectivity index (χ4v) is 2.55. The Labute approximate surface area is 120 Å². The van der Waals surface area contributed by atoms with Crippen LogP contribution in [0.5, 0.6) is 0 Å². The molecular weight excluding hydrogens is 343 g/mol. The summed E-state index contributed by atoms with van der Waals surface area (Å²) in [5, 5.41) is 8.12. The van der Waals surface area contributed by atoms with Crippen LogP contribution in [-0.2, 0) is 12.8 Å². The lowest BCUT2D eigenvalue weighted by Crippen LogP contribution is -1.98. The molecule has 0 aliphatic carbocycles. The van der Waals surface area contributed by atoms with E-state index in [0.717, 1.165) is 45.7 Å². The number of hydrogen-bond acceptors (Lipinski definition) is 4. The zero-order valence-electron chi connectivity index (χ0n) is 10.9. The summed E-state index contributed by atoms with van der Waals surface area (Å²) >= 11 is 2.29. The van der Waals surface area contributed by atoms with Crippen molar-refractivity contribution < 1.29 is 9.05 Å². The first-order valence-corrected chi connectivity index (χ1v) is 7.25. The minimum atomic E-state index is 0.365. The normalized spacial score (nSPS) is 12.9. The zero-order valence-corrected chi connectivity index (χ0v) is 13.0. The van der Waals surface area contributed by atoms with E-state index in [4.69, 9.17) is 9.05 Å². The fraction of sp³-hybridized carbons (Fsp3) is 0.538. The first-order valence-electron chi connectivity index (χ1n) is 6.18. The lowest BCUT2D eigenvalue weighted by atomic mass is 10.0. The van der Waals surface area contributed by atoms with Gasteiger partial charge in [0.05, 0.1) is 15.0 Å². The van der Waals surface area contributed by atoms with Gasteiger partial charge in [-0.25, -0.2) is 0 Å². The highest BCUT2D eigenvalue weighted by molar-refractivity contribution is 14.1. The summed E-state index contributed by atoms with van der Waals surface area (Å²) < 4.78 is 11.6. The first kappa shape index (κ1) is 13.6. The van der Waals surface area contributed by atoms with Gasteiger partial charge in [-0.2, -0.15) is 0 Å². The van der Waals surface area contributed by atoms with Crippen molar-refractivity contribution in [3.05, 3.63) is 32.5 Å². The quantitative estimate of drug-likeness (QED) is 0.760. The molecule has 2 heterocycles. The van der Waals surface area contributed by atoms with Crippen LogP contribution in [0.2, 0.25) is 0 Å². The summed E-state index contributed by atoms with van der Waals surface area (Å²) in [6.07, 6.45) is 2.79. The maximum atomic E-state index is 5.28. The minimum absolute atomic E-state index is 0.365. The maximum absolute atomic E-state index is 5.28. The molecule has 18 heavy (non-hydrogen) atoms. The van der Waals surface area contributed by atoms with Gasteiger partial charge in [0, 0.05) is 18.4 Å². The molecule has 1 unspecified atom stereocenters.